The van der Waals surface area contributed by atoms with E-state index in [4.69, 9.17) is 4.74 Å². The van der Waals surface area contributed by atoms with E-state index >= 15 is 0 Å². The van der Waals surface area contributed by atoms with E-state index in [1.165, 1.54) is 64.6 Å². The van der Waals surface area contributed by atoms with Crippen LogP contribution < -0.4 is 5.32 Å². The van der Waals surface area contributed by atoms with Crippen LogP contribution in [0.4, 0.5) is 0 Å². The minimum Gasteiger partial charge on any atom is -0.381 e. The fourth-order valence-electron chi connectivity index (χ4n) is 3.43. The molecule has 1 saturated heterocycles. The van der Waals surface area contributed by atoms with Gasteiger partial charge in [0.05, 0.1) is 6.61 Å². The van der Waals surface area contributed by atoms with Gasteiger partial charge in [0.2, 0.25) is 0 Å². The summed E-state index contributed by atoms with van der Waals surface area (Å²) in [7, 11) is 0. The summed E-state index contributed by atoms with van der Waals surface area (Å²) in [5, 5.41) is 3.77. The first kappa shape index (κ1) is 13.8. The zero-order chi connectivity index (χ0) is 13.1. The van der Waals surface area contributed by atoms with Crippen molar-refractivity contribution in [3.8, 4) is 0 Å². The summed E-state index contributed by atoms with van der Waals surface area (Å²) < 4.78 is 5.85. The summed E-state index contributed by atoms with van der Waals surface area (Å²) in [4.78, 5) is 2.75. The van der Waals surface area contributed by atoms with Crippen molar-refractivity contribution in [1.82, 2.24) is 10.2 Å². The Morgan fingerprint density at radius 1 is 1.26 bits per heavy atom. The molecule has 3 aliphatic rings. The summed E-state index contributed by atoms with van der Waals surface area (Å²) in [6, 6.07) is 1.71. The van der Waals surface area contributed by atoms with Gasteiger partial charge in [0.1, 0.15) is 0 Å². The van der Waals surface area contributed by atoms with E-state index in [-0.39, 0.29) is 0 Å². The van der Waals surface area contributed by atoms with Gasteiger partial charge in [0.15, 0.2) is 0 Å². The van der Waals surface area contributed by atoms with Crippen LogP contribution >= 0.6 is 0 Å². The fourth-order valence-corrected chi connectivity index (χ4v) is 3.43. The van der Waals surface area contributed by atoms with Crippen molar-refractivity contribution in [2.45, 2.75) is 64.0 Å². The lowest BCUT2D eigenvalue weighted by molar-refractivity contribution is -0.0277. The zero-order valence-corrected chi connectivity index (χ0v) is 12.5. The van der Waals surface area contributed by atoms with Gasteiger partial charge in [-0.1, -0.05) is 6.92 Å². The monoisotopic (exact) mass is 266 g/mol. The van der Waals surface area contributed by atoms with Gasteiger partial charge < -0.3 is 10.1 Å². The molecule has 19 heavy (non-hydrogen) atoms. The van der Waals surface area contributed by atoms with Crippen molar-refractivity contribution < 1.29 is 4.74 Å². The maximum Gasteiger partial charge on any atom is 0.0546 e. The van der Waals surface area contributed by atoms with Crippen LogP contribution in [0.3, 0.4) is 0 Å². The summed E-state index contributed by atoms with van der Waals surface area (Å²) in [6.45, 7) is 7.95. The molecule has 0 aromatic carbocycles. The number of nitrogens with zero attached hydrogens (tertiary/aromatic N) is 1. The van der Waals surface area contributed by atoms with E-state index in [1.807, 2.05) is 0 Å². The SMILES string of the molecule is CCCN(CC1(CNC2CC2)CCCOC1)C1CC1. The molecule has 1 heterocycles. The highest BCUT2D eigenvalue weighted by molar-refractivity contribution is 4.94. The number of rotatable bonds is 8. The lowest BCUT2D eigenvalue weighted by Crippen LogP contribution is -2.50. The van der Waals surface area contributed by atoms with Gasteiger partial charge in [-0.25, -0.2) is 0 Å². The highest BCUT2D eigenvalue weighted by Crippen LogP contribution is 2.35. The normalized spacial score (nSPS) is 31.9. The molecule has 3 rings (SSSR count). The molecule has 1 atom stereocenters. The Morgan fingerprint density at radius 3 is 2.68 bits per heavy atom. The second-order valence-electron chi connectivity index (χ2n) is 7.01. The van der Waals surface area contributed by atoms with Crippen LogP contribution in [-0.2, 0) is 4.74 Å². The molecule has 1 aliphatic heterocycles. The van der Waals surface area contributed by atoms with Gasteiger partial charge in [0.25, 0.3) is 0 Å². The largest absolute Gasteiger partial charge is 0.381 e. The molecule has 3 nitrogen and oxygen atoms in total. The van der Waals surface area contributed by atoms with Crippen molar-refractivity contribution in [1.29, 1.82) is 0 Å². The van der Waals surface area contributed by atoms with Crippen LogP contribution in [0, 0.1) is 5.41 Å². The van der Waals surface area contributed by atoms with Crippen molar-refractivity contribution >= 4 is 0 Å². The quantitative estimate of drug-likeness (QED) is 0.730. The Hall–Kier alpha value is -0.120. The fraction of sp³-hybridized carbons (Fsp3) is 1.00. The Morgan fingerprint density at radius 2 is 2.11 bits per heavy atom. The van der Waals surface area contributed by atoms with Gasteiger partial charge in [-0.3, -0.25) is 4.90 Å². The molecule has 2 saturated carbocycles. The van der Waals surface area contributed by atoms with Crippen LogP contribution in [0.2, 0.25) is 0 Å². The van der Waals surface area contributed by atoms with Gasteiger partial charge >= 0.3 is 0 Å². The average molecular weight is 266 g/mol. The molecule has 2 aliphatic carbocycles. The van der Waals surface area contributed by atoms with Crippen LogP contribution in [-0.4, -0.2) is 49.8 Å². The Balaban J connectivity index is 1.58. The summed E-state index contributed by atoms with van der Waals surface area (Å²) in [5.41, 5.74) is 0.387. The molecule has 110 valence electrons. The second-order valence-corrected chi connectivity index (χ2v) is 7.01. The number of nitrogens with one attached hydrogen (secondary N) is 1. The molecule has 0 spiro atoms. The first-order valence-electron chi connectivity index (χ1n) is 8.36. The lowest BCUT2D eigenvalue weighted by Gasteiger charge is -2.41. The van der Waals surface area contributed by atoms with Crippen LogP contribution in [0.5, 0.6) is 0 Å². The maximum atomic E-state index is 5.85. The van der Waals surface area contributed by atoms with E-state index in [0.717, 1.165) is 25.3 Å². The molecule has 0 amide bonds. The Bertz CT molecular complexity index is 280. The summed E-state index contributed by atoms with van der Waals surface area (Å²) in [5.74, 6) is 0. The van der Waals surface area contributed by atoms with Gasteiger partial charge in [-0.05, 0) is 51.5 Å². The maximum absolute atomic E-state index is 5.85. The summed E-state index contributed by atoms with van der Waals surface area (Å²) >= 11 is 0. The number of hydrogen-bond donors (Lipinski definition) is 1. The number of ether oxygens (including phenoxy) is 1. The lowest BCUT2D eigenvalue weighted by atomic mass is 9.81. The first-order valence-corrected chi connectivity index (χ1v) is 8.36. The standard InChI is InChI=1S/C16H30N2O/c1-2-9-18(15-6-7-15)12-16(8-3-10-19-13-16)11-17-14-4-5-14/h14-15,17H,2-13H2,1H3. The highest BCUT2D eigenvalue weighted by Gasteiger charge is 2.39. The van der Waals surface area contributed by atoms with Crippen LogP contribution in [0.15, 0.2) is 0 Å². The smallest absolute Gasteiger partial charge is 0.0546 e. The van der Waals surface area contributed by atoms with Crippen molar-refractivity contribution in [3.05, 3.63) is 0 Å². The molecule has 0 aromatic rings. The molecule has 0 aromatic heterocycles. The van der Waals surface area contributed by atoms with Crippen molar-refractivity contribution in [2.24, 2.45) is 5.41 Å². The van der Waals surface area contributed by atoms with Gasteiger partial charge in [0, 0.05) is 37.2 Å². The third kappa shape index (κ3) is 3.93. The zero-order valence-electron chi connectivity index (χ0n) is 12.5. The minimum absolute atomic E-state index is 0.387. The van der Waals surface area contributed by atoms with Gasteiger partial charge in [-0.15, -0.1) is 0 Å². The van der Waals surface area contributed by atoms with E-state index in [2.05, 4.69) is 17.1 Å². The van der Waals surface area contributed by atoms with E-state index < -0.39 is 0 Å². The third-order valence-corrected chi connectivity index (χ3v) is 4.86. The van der Waals surface area contributed by atoms with Crippen molar-refractivity contribution in [3.63, 3.8) is 0 Å². The molecule has 1 unspecified atom stereocenters. The van der Waals surface area contributed by atoms with E-state index in [0.29, 0.717) is 5.41 Å². The predicted octanol–water partition coefficient (Wildman–Crippen LogP) is 2.41. The molecular weight excluding hydrogens is 236 g/mol. The Labute approximate surface area is 118 Å². The summed E-state index contributed by atoms with van der Waals surface area (Å²) in [6.07, 6.45) is 9.50. The molecule has 0 bridgehead atoms. The number of hydrogen-bond acceptors (Lipinski definition) is 3. The topological polar surface area (TPSA) is 24.5 Å². The molecule has 3 fully saturated rings. The molecule has 0 radical (unpaired) electrons. The minimum atomic E-state index is 0.387. The molecule has 1 N–H and O–H groups in total. The average Bonchev–Trinajstić information content (AvgIpc) is 3.31. The second kappa shape index (κ2) is 6.11. The molecule has 3 heteroatoms. The third-order valence-electron chi connectivity index (χ3n) is 4.86. The van der Waals surface area contributed by atoms with Crippen molar-refractivity contribution in [2.75, 3.05) is 32.8 Å². The van der Waals surface area contributed by atoms with E-state index in [1.54, 1.807) is 0 Å². The van der Waals surface area contributed by atoms with Gasteiger partial charge in [-0.2, -0.15) is 0 Å². The first-order chi connectivity index (χ1) is 9.31. The van der Waals surface area contributed by atoms with Crippen LogP contribution in [0.1, 0.15) is 51.9 Å². The Kier molecular flexibility index (Phi) is 4.45. The molecular formula is C16H30N2O. The predicted molar refractivity (Wildman–Crippen MR) is 78.4 cm³/mol. The van der Waals surface area contributed by atoms with E-state index in [9.17, 15) is 0 Å². The van der Waals surface area contributed by atoms with Crippen LogP contribution in [0.25, 0.3) is 0 Å². The highest BCUT2D eigenvalue weighted by atomic mass is 16.5.